The molecule has 4 heterocycles. The molecule has 0 amide bonds. The number of nitrogens with one attached hydrogen (secondary N) is 1. The molecule has 10 heteroatoms. The van der Waals surface area contributed by atoms with E-state index in [1.807, 2.05) is 37.2 Å². The van der Waals surface area contributed by atoms with Crippen molar-refractivity contribution in [2.45, 2.75) is 24.4 Å². The number of fused-ring (bicyclic) bond motifs is 1. The summed E-state index contributed by atoms with van der Waals surface area (Å²) >= 11 is 0. The van der Waals surface area contributed by atoms with E-state index in [1.165, 1.54) is 5.56 Å². The van der Waals surface area contributed by atoms with Gasteiger partial charge in [-0.05, 0) is 30.5 Å². The molecule has 2 aromatic rings. The molecule has 0 bridgehead atoms. The van der Waals surface area contributed by atoms with Crippen molar-refractivity contribution in [2.75, 3.05) is 53.3 Å². The van der Waals surface area contributed by atoms with Crippen molar-refractivity contribution in [3.8, 4) is 11.5 Å². The molecule has 180 valence electrons. The fourth-order valence-electron chi connectivity index (χ4n) is 4.79. The zero-order valence-electron chi connectivity index (χ0n) is 19.2. The Bertz CT molecular complexity index is 976. The molecule has 2 fully saturated rings. The lowest BCUT2D eigenvalue weighted by Gasteiger charge is -2.40. The van der Waals surface area contributed by atoms with Gasteiger partial charge in [0.25, 0.3) is 0 Å². The third kappa shape index (κ3) is 5.07. The van der Waals surface area contributed by atoms with E-state index in [9.17, 15) is 0 Å². The third-order valence-electron chi connectivity index (χ3n) is 6.69. The average molecular weight is 569 g/mol. The van der Waals surface area contributed by atoms with Crippen LogP contribution in [0, 0.1) is 0 Å². The second-order valence-electron chi connectivity index (χ2n) is 8.61. The molecule has 3 aliphatic rings. The van der Waals surface area contributed by atoms with Crippen molar-refractivity contribution >= 4 is 29.9 Å². The zero-order valence-corrected chi connectivity index (χ0v) is 21.5. The first kappa shape index (κ1) is 24.1. The molecule has 3 aliphatic heterocycles. The van der Waals surface area contributed by atoms with E-state index < -0.39 is 0 Å². The third-order valence-corrected chi connectivity index (χ3v) is 6.69. The number of guanidine groups is 1. The molecule has 2 saturated heterocycles. The highest BCUT2D eigenvalue weighted by Crippen LogP contribution is 2.40. The summed E-state index contributed by atoms with van der Waals surface area (Å²) in [6, 6.07) is 6.31. The van der Waals surface area contributed by atoms with Crippen LogP contribution in [0.2, 0.25) is 0 Å². The number of aromatic nitrogens is 2. The Morgan fingerprint density at radius 2 is 2.03 bits per heavy atom. The Morgan fingerprint density at radius 3 is 2.79 bits per heavy atom. The quantitative estimate of drug-likeness (QED) is 0.344. The predicted molar refractivity (Wildman–Crippen MR) is 135 cm³/mol. The number of ether oxygens (including phenoxy) is 4. The largest absolute Gasteiger partial charge is 0.454 e. The number of morpholine rings is 1. The summed E-state index contributed by atoms with van der Waals surface area (Å²) in [6.07, 6.45) is 5.76. The molecule has 1 atom stereocenters. The smallest absolute Gasteiger partial charge is 0.231 e. The number of nitrogens with zero attached hydrogens (tertiary/aromatic N) is 4. The number of hydrogen-bond donors (Lipinski definition) is 1. The predicted octanol–water partition coefficient (Wildman–Crippen LogP) is 2.46. The topological polar surface area (TPSA) is 82.4 Å². The SMILES string of the molecule is CN=C(NCC1(c2ccc3c(c2)OCO3)CCOCC1)N1CCOC(c2cnn(C)c2)C1.I. The van der Waals surface area contributed by atoms with E-state index in [2.05, 4.69) is 32.4 Å². The summed E-state index contributed by atoms with van der Waals surface area (Å²) in [7, 11) is 3.77. The van der Waals surface area contributed by atoms with Crippen molar-refractivity contribution in [1.82, 2.24) is 20.0 Å². The summed E-state index contributed by atoms with van der Waals surface area (Å²) < 4.78 is 24.7. The summed E-state index contributed by atoms with van der Waals surface area (Å²) in [4.78, 5) is 6.86. The van der Waals surface area contributed by atoms with Crippen molar-refractivity contribution < 1.29 is 18.9 Å². The molecule has 9 nitrogen and oxygen atoms in total. The number of hydrogen-bond acceptors (Lipinski definition) is 6. The summed E-state index contributed by atoms with van der Waals surface area (Å²) in [5.41, 5.74) is 2.29. The Morgan fingerprint density at radius 1 is 1.21 bits per heavy atom. The van der Waals surface area contributed by atoms with Crippen LogP contribution in [-0.4, -0.2) is 73.9 Å². The van der Waals surface area contributed by atoms with Gasteiger partial charge in [-0.3, -0.25) is 9.67 Å². The summed E-state index contributed by atoms with van der Waals surface area (Å²) in [5, 5.41) is 7.95. The van der Waals surface area contributed by atoms with E-state index in [-0.39, 0.29) is 42.3 Å². The Hall–Kier alpha value is -2.05. The van der Waals surface area contributed by atoms with Crippen LogP contribution in [0.15, 0.2) is 35.6 Å². The Balaban J connectivity index is 0.00000259. The van der Waals surface area contributed by atoms with Gasteiger partial charge in [-0.15, -0.1) is 24.0 Å². The molecular formula is C23H32IN5O4. The molecule has 1 aromatic carbocycles. The van der Waals surface area contributed by atoms with Crippen LogP contribution in [0.25, 0.3) is 0 Å². The van der Waals surface area contributed by atoms with Crippen molar-refractivity contribution in [1.29, 1.82) is 0 Å². The van der Waals surface area contributed by atoms with Crippen LogP contribution < -0.4 is 14.8 Å². The van der Waals surface area contributed by atoms with Gasteiger partial charge in [0.05, 0.1) is 19.3 Å². The lowest BCUT2D eigenvalue weighted by Crippen LogP contribution is -2.52. The van der Waals surface area contributed by atoms with Gasteiger partial charge in [0.2, 0.25) is 6.79 Å². The molecule has 1 aromatic heterocycles. The van der Waals surface area contributed by atoms with Gasteiger partial charge in [0.15, 0.2) is 17.5 Å². The number of benzene rings is 1. The molecule has 0 radical (unpaired) electrons. The van der Waals surface area contributed by atoms with E-state index in [0.717, 1.165) is 68.7 Å². The second kappa shape index (κ2) is 10.5. The minimum Gasteiger partial charge on any atom is -0.454 e. The monoisotopic (exact) mass is 569 g/mol. The van der Waals surface area contributed by atoms with E-state index in [0.29, 0.717) is 6.61 Å². The van der Waals surface area contributed by atoms with Crippen molar-refractivity contribution in [3.05, 3.63) is 41.7 Å². The Kier molecular flexibility index (Phi) is 7.65. The van der Waals surface area contributed by atoms with Crippen LogP contribution in [0.5, 0.6) is 11.5 Å². The van der Waals surface area contributed by atoms with Gasteiger partial charge in [0, 0.05) is 57.6 Å². The van der Waals surface area contributed by atoms with Crippen LogP contribution in [0.4, 0.5) is 0 Å². The van der Waals surface area contributed by atoms with Gasteiger partial charge in [0.1, 0.15) is 6.10 Å². The first-order valence-electron chi connectivity index (χ1n) is 11.2. The van der Waals surface area contributed by atoms with E-state index in [1.54, 1.807) is 0 Å². The van der Waals surface area contributed by atoms with Gasteiger partial charge in [-0.1, -0.05) is 6.07 Å². The highest BCUT2D eigenvalue weighted by molar-refractivity contribution is 14.0. The lowest BCUT2D eigenvalue weighted by atomic mass is 9.74. The Labute approximate surface area is 211 Å². The molecule has 0 aliphatic carbocycles. The molecule has 0 saturated carbocycles. The lowest BCUT2D eigenvalue weighted by molar-refractivity contribution is -0.00835. The van der Waals surface area contributed by atoms with Crippen LogP contribution in [0.3, 0.4) is 0 Å². The maximum absolute atomic E-state index is 6.01. The van der Waals surface area contributed by atoms with Crippen LogP contribution in [0.1, 0.15) is 30.1 Å². The number of halogens is 1. The van der Waals surface area contributed by atoms with Crippen LogP contribution >= 0.6 is 24.0 Å². The minimum atomic E-state index is -0.0514. The van der Waals surface area contributed by atoms with Crippen LogP contribution in [-0.2, 0) is 21.9 Å². The second-order valence-corrected chi connectivity index (χ2v) is 8.61. The fraction of sp³-hybridized carbons (Fsp3) is 0.565. The molecule has 0 spiro atoms. The minimum absolute atomic E-state index is 0. The van der Waals surface area contributed by atoms with Crippen molar-refractivity contribution in [2.24, 2.45) is 12.0 Å². The average Bonchev–Trinajstić information content (AvgIpc) is 3.49. The van der Waals surface area contributed by atoms with Gasteiger partial charge in [-0.25, -0.2) is 0 Å². The highest BCUT2D eigenvalue weighted by Gasteiger charge is 2.36. The standard InChI is InChI=1S/C23H31N5O4.HI/c1-24-22(28-7-10-30-21(14-28)17-12-26-27(2)13-17)25-15-23(5-8-29-9-6-23)18-3-4-19-20(11-18)32-16-31-19;/h3-4,11-13,21H,5-10,14-16H2,1-2H3,(H,24,25);1H. The number of rotatable bonds is 4. The first-order valence-corrected chi connectivity index (χ1v) is 11.2. The summed E-state index contributed by atoms with van der Waals surface area (Å²) in [5.74, 6) is 2.54. The maximum Gasteiger partial charge on any atom is 0.231 e. The maximum atomic E-state index is 6.01. The first-order chi connectivity index (χ1) is 15.7. The highest BCUT2D eigenvalue weighted by atomic mass is 127. The van der Waals surface area contributed by atoms with Gasteiger partial charge in [-0.2, -0.15) is 5.10 Å². The molecule has 5 rings (SSSR count). The normalized spacial score (nSPS) is 22.1. The number of aliphatic imine (C=N–C) groups is 1. The zero-order chi connectivity index (χ0) is 22.0. The summed E-state index contributed by atoms with van der Waals surface area (Å²) in [6.45, 7) is 4.75. The fourth-order valence-corrected chi connectivity index (χ4v) is 4.79. The molecule has 33 heavy (non-hydrogen) atoms. The molecule has 1 N–H and O–H groups in total. The molecule has 1 unspecified atom stereocenters. The van der Waals surface area contributed by atoms with Crippen molar-refractivity contribution in [3.63, 3.8) is 0 Å². The molecular weight excluding hydrogens is 537 g/mol. The van der Waals surface area contributed by atoms with Gasteiger partial charge < -0.3 is 29.2 Å². The van der Waals surface area contributed by atoms with Gasteiger partial charge >= 0.3 is 0 Å². The van der Waals surface area contributed by atoms with E-state index >= 15 is 0 Å². The van der Waals surface area contributed by atoms with E-state index in [4.69, 9.17) is 18.9 Å². The number of aryl methyl sites for hydroxylation is 1.